The average molecular weight is 303 g/mol. The summed E-state index contributed by atoms with van der Waals surface area (Å²) in [6.07, 6.45) is 0. The molecule has 7 nitrogen and oxygen atoms in total. The van der Waals surface area contributed by atoms with Gasteiger partial charge in [0.2, 0.25) is 0 Å². The lowest BCUT2D eigenvalue weighted by Crippen LogP contribution is -2.14. The van der Waals surface area contributed by atoms with Crippen molar-refractivity contribution in [3.63, 3.8) is 0 Å². The molecule has 106 valence electrons. The molecule has 0 atom stereocenters. The topological polar surface area (TPSA) is 113 Å². The van der Waals surface area contributed by atoms with Gasteiger partial charge in [0, 0.05) is 6.07 Å². The van der Waals surface area contributed by atoms with Crippen LogP contribution in [0.4, 0.5) is 11.4 Å². The number of rotatable bonds is 4. The summed E-state index contributed by atoms with van der Waals surface area (Å²) >= 11 is 0. The molecule has 0 radical (unpaired) electrons. The Kier molecular flexibility index (Phi) is 3.86. The fraction of sp³-hybridized carbons (Fsp3) is 0. The van der Waals surface area contributed by atoms with Crippen LogP contribution in [0.25, 0.3) is 0 Å². The lowest BCUT2D eigenvalue weighted by molar-refractivity contribution is -0.383. The lowest BCUT2D eigenvalue weighted by atomic mass is 10.2. The standard InChI is InChI=1S/C13H9N3O4S/c14-9-10-5-7-11(8-6-10)21(19,20)15-12-3-1-2-4-13(12)16(17)18/h1-8,15H. The molecule has 1 N–H and O–H groups in total. The zero-order chi connectivity index (χ0) is 15.5. The van der Waals surface area contributed by atoms with E-state index >= 15 is 0 Å². The van der Waals surface area contributed by atoms with Crippen LogP contribution in [-0.2, 0) is 10.0 Å². The number of sulfonamides is 1. The molecule has 0 amide bonds. The average Bonchev–Trinajstić information content (AvgIpc) is 2.47. The number of benzene rings is 2. The first-order valence-electron chi connectivity index (χ1n) is 5.70. The lowest BCUT2D eigenvalue weighted by Gasteiger charge is -2.08. The molecule has 0 aliphatic heterocycles. The van der Waals surface area contributed by atoms with Crippen LogP contribution >= 0.6 is 0 Å². The number of nitriles is 1. The van der Waals surface area contributed by atoms with Gasteiger partial charge in [-0.3, -0.25) is 14.8 Å². The molecular formula is C13H9N3O4S. The van der Waals surface area contributed by atoms with Crippen molar-refractivity contribution in [3.05, 3.63) is 64.2 Å². The zero-order valence-corrected chi connectivity index (χ0v) is 11.4. The van der Waals surface area contributed by atoms with Crippen molar-refractivity contribution in [1.29, 1.82) is 5.26 Å². The van der Waals surface area contributed by atoms with Gasteiger partial charge >= 0.3 is 0 Å². The summed E-state index contributed by atoms with van der Waals surface area (Å²) in [5.41, 5.74) is -0.138. The minimum Gasteiger partial charge on any atom is -0.273 e. The van der Waals surface area contributed by atoms with Gasteiger partial charge in [0.1, 0.15) is 5.69 Å². The Morgan fingerprint density at radius 2 is 1.71 bits per heavy atom. The molecule has 8 heteroatoms. The molecule has 0 aliphatic rings. The van der Waals surface area contributed by atoms with Crippen LogP contribution in [0.3, 0.4) is 0 Å². The van der Waals surface area contributed by atoms with Gasteiger partial charge in [-0.1, -0.05) is 12.1 Å². The van der Waals surface area contributed by atoms with E-state index in [1.54, 1.807) is 0 Å². The fourth-order valence-corrected chi connectivity index (χ4v) is 2.71. The third-order valence-electron chi connectivity index (χ3n) is 2.64. The Balaban J connectivity index is 2.38. The molecule has 0 bridgehead atoms. The van der Waals surface area contributed by atoms with Crippen LogP contribution in [0.5, 0.6) is 0 Å². The van der Waals surface area contributed by atoms with Gasteiger partial charge in [-0.15, -0.1) is 0 Å². The highest BCUT2D eigenvalue weighted by molar-refractivity contribution is 7.92. The predicted octanol–water partition coefficient (Wildman–Crippen LogP) is 2.27. The van der Waals surface area contributed by atoms with Crippen LogP contribution in [0.2, 0.25) is 0 Å². The zero-order valence-electron chi connectivity index (χ0n) is 10.6. The van der Waals surface area contributed by atoms with E-state index in [1.807, 2.05) is 6.07 Å². The van der Waals surface area contributed by atoms with E-state index in [2.05, 4.69) is 4.72 Å². The number of hydrogen-bond acceptors (Lipinski definition) is 5. The first-order valence-corrected chi connectivity index (χ1v) is 7.19. The predicted molar refractivity (Wildman–Crippen MR) is 75.1 cm³/mol. The van der Waals surface area contributed by atoms with Gasteiger partial charge in [-0.05, 0) is 30.3 Å². The van der Waals surface area contributed by atoms with Crippen molar-refractivity contribution in [2.45, 2.75) is 4.90 Å². The normalized spacial score (nSPS) is 10.6. The number of nitro groups is 1. The molecule has 0 aromatic heterocycles. The Hall–Kier alpha value is -2.92. The fourth-order valence-electron chi connectivity index (χ4n) is 1.63. The van der Waals surface area contributed by atoms with E-state index in [4.69, 9.17) is 5.26 Å². The summed E-state index contributed by atoms with van der Waals surface area (Å²) in [7, 11) is -3.96. The molecule has 0 heterocycles. The van der Waals surface area contributed by atoms with Crippen molar-refractivity contribution >= 4 is 21.4 Å². The van der Waals surface area contributed by atoms with E-state index in [0.717, 1.165) is 0 Å². The second kappa shape index (κ2) is 5.60. The smallest absolute Gasteiger partial charge is 0.273 e. The first-order chi connectivity index (χ1) is 9.94. The first kappa shape index (κ1) is 14.5. The number of anilines is 1. The molecule has 0 saturated carbocycles. The van der Waals surface area contributed by atoms with Gasteiger partial charge in [0.25, 0.3) is 15.7 Å². The van der Waals surface area contributed by atoms with E-state index in [-0.39, 0.29) is 16.3 Å². The van der Waals surface area contributed by atoms with Crippen molar-refractivity contribution in [2.24, 2.45) is 0 Å². The SMILES string of the molecule is N#Cc1ccc(S(=O)(=O)Nc2ccccc2[N+](=O)[O-])cc1. The van der Waals surface area contributed by atoms with Gasteiger partial charge in [-0.25, -0.2) is 8.42 Å². The molecular weight excluding hydrogens is 294 g/mol. The maximum Gasteiger partial charge on any atom is 0.293 e. The van der Waals surface area contributed by atoms with E-state index in [0.29, 0.717) is 5.56 Å². The monoisotopic (exact) mass is 303 g/mol. The highest BCUT2D eigenvalue weighted by atomic mass is 32.2. The Morgan fingerprint density at radius 1 is 1.10 bits per heavy atom. The Bertz CT molecular complexity index is 823. The van der Waals surface area contributed by atoms with Gasteiger partial charge in [0.05, 0.1) is 21.5 Å². The molecule has 2 rings (SSSR count). The third kappa shape index (κ3) is 3.16. The molecule has 0 unspecified atom stereocenters. The minimum atomic E-state index is -3.96. The summed E-state index contributed by atoms with van der Waals surface area (Å²) in [5, 5.41) is 19.5. The second-order valence-electron chi connectivity index (χ2n) is 4.02. The maximum absolute atomic E-state index is 12.2. The molecule has 2 aromatic carbocycles. The van der Waals surface area contributed by atoms with Crippen LogP contribution in [-0.4, -0.2) is 13.3 Å². The van der Waals surface area contributed by atoms with Gasteiger partial charge in [-0.2, -0.15) is 5.26 Å². The number of nitrogens with one attached hydrogen (secondary N) is 1. The largest absolute Gasteiger partial charge is 0.293 e. The molecule has 0 spiro atoms. The van der Waals surface area contributed by atoms with E-state index in [1.165, 1.54) is 48.5 Å². The van der Waals surface area contributed by atoms with Crippen molar-refractivity contribution in [1.82, 2.24) is 0 Å². The molecule has 21 heavy (non-hydrogen) atoms. The van der Waals surface area contributed by atoms with Crippen molar-refractivity contribution < 1.29 is 13.3 Å². The van der Waals surface area contributed by atoms with Crippen molar-refractivity contribution in [3.8, 4) is 6.07 Å². The van der Waals surface area contributed by atoms with E-state index < -0.39 is 14.9 Å². The van der Waals surface area contributed by atoms with Gasteiger partial charge in [0.15, 0.2) is 0 Å². The second-order valence-corrected chi connectivity index (χ2v) is 5.70. The Morgan fingerprint density at radius 3 is 2.29 bits per heavy atom. The quantitative estimate of drug-likeness (QED) is 0.687. The molecule has 0 saturated heterocycles. The van der Waals surface area contributed by atoms with Crippen LogP contribution in [0.15, 0.2) is 53.4 Å². The summed E-state index contributed by atoms with van der Waals surface area (Å²) in [6, 6.07) is 12.5. The highest BCUT2D eigenvalue weighted by Gasteiger charge is 2.20. The third-order valence-corrected chi connectivity index (χ3v) is 4.02. The summed E-state index contributed by atoms with van der Waals surface area (Å²) < 4.78 is 26.5. The summed E-state index contributed by atoms with van der Waals surface area (Å²) in [5.74, 6) is 0. The molecule has 0 fully saturated rings. The molecule has 2 aromatic rings. The van der Waals surface area contributed by atoms with Gasteiger partial charge < -0.3 is 0 Å². The maximum atomic E-state index is 12.2. The Labute approximate surface area is 120 Å². The van der Waals surface area contributed by atoms with Crippen LogP contribution < -0.4 is 4.72 Å². The number of nitro benzene ring substituents is 1. The van der Waals surface area contributed by atoms with E-state index in [9.17, 15) is 18.5 Å². The summed E-state index contributed by atoms with van der Waals surface area (Å²) in [6.45, 7) is 0. The molecule has 0 aliphatic carbocycles. The number of nitrogens with zero attached hydrogens (tertiary/aromatic N) is 2. The number of para-hydroxylation sites is 2. The summed E-state index contributed by atoms with van der Waals surface area (Å²) in [4.78, 5) is 10.1. The van der Waals surface area contributed by atoms with Crippen LogP contribution in [0.1, 0.15) is 5.56 Å². The van der Waals surface area contributed by atoms with Crippen LogP contribution in [0, 0.1) is 21.4 Å². The van der Waals surface area contributed by atoms with Crippen molar-refractivity contribution in [2.75, 3.05) is 4.72 Å². The number of hydrogen-bond donors (Lipinski definition) is 1. The minimum absolute atomic E-state index is 0.0837. The highest BCUT2D eigenvalue weighted by Crippen LogP contribution is 2.26.